The topological polar surface area (TPSA) is 50.4 Å². The van der Waals surface area contributed by atoms with Crippen LogP contribution in [0.25, 0.3) is 0 Å². The van der Waals surface area contributed by atoms with E-state index in [1.165, 1.54) is 0 Å². The molecule has 0 aromatic heterocycles. The summed E-state index contributed by atoms with van der Waals surface area (Å²) in [6.45, 7) is 9.76. The van der Waals surface area contributed by atoms with Crippen LogP contribution in [0.4, 0.5) is 0 Å². The number of hydrogen-bond donors (Lipinski definition) is 2. The highest BCUT2D eigenvalue weighted by molar-refractivity contribution is 5.83. The molecule has 1 amide bonds. The molecule has 0 aromatic rings. The molecule has 1 heterocycles. The molecule has 4 heteroatoms. The summed E-state index contributed by atoms with van der Waals surface area (Å²) in [5.41, 5.74) is -0.113. The first-order valence-electron chi connectivity index (χ1n) is 7.44. The van der Waals surface area contributed by atoms with Crippen molar-refractivity contribution in [3.05, 3.63) is 0 Å². The van der Waals surface area contributed by atoms with E-state index in [9.17, 15) is 4.79 Å². The van der Waals surface area contributed by atoms with Crippen LogP contribution < -0.4 is 10.6 Å². The molecule has 4 nitrogen and oxygen atoms in total. The predicted molar refractivity (Wildman–Crippen MR) is 78.1 cm³/mol. The average molecular weight is 270 g/mol. The van der Waals surface area contributed by atoms with E-state index >= 15 is 0 Å². The predicted octanol–water partition coefficient (Wildman–Crippen LogP) is 1.95. The smallest absolute Gasteiger partial charge is 0.227 e. The van der Waals surface area contributed by atoms with Gasteiger partial charge >= 0.3 is 0 Å². The van der Waals surface area contributed by atoms with Crippen molar-refractivity contribution in [2.45, 2.75) is 46.5 Å². The quantitative estimate of drug-likeness (QED) is 0.743. The number of carbonyl (C=O) groups excluding carboxylic acids is 1. The van der Waals surface area contributed by atoms with Crippen LogP contribution in [0.3, 0.4) is 0 Å². The SMILES string of the molecule is CCC1(C(=O)NCC(C)(C)CCOC)CCCNC1. The molecular formula is C15H30N2O2. The maximum Gasteiger partial charge on any atom is 0.227 e. The van der Waals surface area contributed by atoms with Crippen molar-refractivity contribution in [1.82, 2.24) is 10.6 Å². The lowest BCUT2D eigenvalue weighted by atomic mass is 9.77. The van der Waals surface area contributed by atoms with E-state index in [-0.39, 0.29) is 16.7 Å². The Balaban J connectivity index is 2.48. The molecule has 112 valence electrons. The first-order chi connectivity index (χ1) is 8.96. The molecule has 0 saturated carbocycles. The molecule has 19 heavy (non-hydrogen) atoms. The maximum absolute atomic E-state index is 12.5. The van der Waals surface area contributed by atoms with Gasteiger partial charge in [-0.05, 0) is 37.6 Å². The molecular weight excluding hydrogens is 240 g/mol. The van der Waals surface area contributed by atoms with E-state index in [0.29, 0.717) is 0 Å². The fourth-order valence-electron chi connectivity index (χ4n) is 2.60. The second-order valence-electron chi connectivity index (χ2n) is 6.50. The third-order valence-electron chi connectivity index (χ3n) is 4.34. The number of piperidine rings is 1. The minimum atomic E-state index is -0.199. The number of ether oxygens (including phenoxy) is 1. The summed E-state index contributed by atoms with van der Waals surface area (Å²) < 4.78 is 5.12. The molecule has 1 unspecified atom stereocenters. The summed E-state index contributed by atoms with van der Waals surface area (Å²) >= 11 is 0. The monoisotopic (exact) mass is 270 g/mol. The third kappa shape index (κ3) is 4.77. The Labute approximate surface area is 117 Å². The van der Waals surface area contributed by atoms with Crippen LogP contribution in [0.2, 0.25) is 0 Å². The van der Waals surface area contributed by atoms with Gasteiger partial charge in [0.25, 0.3) is 0 Å². The average Bonchev–Trinajstić information content (AvgIpc) is 2.43. The molecule has 1 saturated heterocycles. The molecule has 0 aromatic carbocycles. The van der Waals surface area contributed by atoms with Crippen LogP contribution >= 0.6 is 0 Å². The standard InChI is InChI=1S/C15H30N2O2/c1-5-15(7-6-9-16-12-15)13(18)17-11-14(2,3)8-10-19-4/h16H,5-12H2,1-4H3,(H,17,18). The van der Waals surface area contributed by atoms with Gasteiger partial charge in [0, 0.05) is 26.8 Å². The van der Waals surface area contributed by atoms with Gasteiger partial charge in [-0.1, -0.05) is 20.8 Å². The van der Waals surface area contributed by atoms with E-state index in [1.807, 2.05) is 0 Å². The van der Waals surface area contributed by atoms with Crippen LogP contribution in [-0.2, 0) is 9.53 Å². The Hall–Kier alpha value is -0.610. The normalized spacial score (nSPS) is 24.2. The highest BCUT2D eigenvalue weighted by atomic mass is 16.5. The van der Waals surface area contributed by atoms with Crippen molar-refractivity contribution in [1.29, 1.82) is 0 Å². The Morgan fingerprint density at radius 2 is 2.21 bits per heavy atom. The summed E-state index contributed by atoms with van der Waals surface area (Å²) in [5, 5.41) is 6.52. The number of carbonyl (C=O) groups is 1. The minimum absolute atomic E-state index is 0.0860. The first-order valence-corrected chi connectivity index (χ1v) is 7.44. The van der Waals surface area contributed by atoms with Gasteiger partial charge in [0.15, 0.2) is 0 Å². The fraction of sp³-hybridized carbons (Fsp3) is 0.933. The third-order valence-corrected chi connectivity index (χ3v) is 4.34. The molecule has 0 bridgehead atoms. The highest BCUT2D eigenvalue weighted by Gasteiger charge is 2.38. The van der Waals surface area contributed by atoms with Crippen molar-refractivity contribution in [3.8, 4) is 0 Å². The summed E-state index contributed by atoms with van der Waals surface area (Å²) in [7, 11) is 1.72. The largest absolute Gasteiger partial charge is 0.385 e. The highest BCUT2D eigenvalue weighted by Crippen LogP contribution is 2.30. The second kappa shape index (κ2) is 7.25. The van der Waals surface area contributed by atoms with Crippen LogP contribution in [0.15, 0.2) is 0 Å². The van der Waals surface area contributed by atoms with E-state index < -0.39 is 0 Å². The number of amides is 1. The van der Waals surface area contributed by atoms with Gasteiger partial charge in [-0.3, -0.25) is 4.79 Å². The Bertz CT molecular complexity index is 284. The lowest BCUT2D eigenvalue weighted by Crippen LogP contribution is -2.51. The Morgan fingerprint density at radius 3 is 2.74 bits per heavy atom. The molecule has 0 spiro atoms. The van der Waals surface area contributed by atoms with Gasteiger partial charge in [0.1, 0.15) is 0 Å². The van der Waals surface area contributed by atoms with Gasteiger partial charge < -0.3 is 15.4 Å². The zero-order valence-electron chi connectivity index (χ0n) is 13.0. The molecule has 2 N–H and O–H groups in total. The second-order valence-corrected chi connectivity index (χ2v) is 6.50. The zero-order valence-corrected chi connectivity index (χ0v) is 13.0. The lowest BCUT2D eigenvalue weighted by Gasteiger charge is -2.36. The van der Waals surface area contributed by atoms with E-state index in [2.05, 4.69) is 31.4 Å². The Kier molecular flexibility index (Phi) is 6.27. The van der Waals surface area contributed by atoms with Gasteiger partial charge in [0.2, 0.25) is 5.91 Å². The zero-order chi connectivity index (χ0) is 14.4. The molecule has 1 rings (SSSR count). The summed E-state index contributed by atoms with van der Waals surface area (Å²) in [5.74, 6) is 0.215. The Morgan fingerprint density at radius 1 is 1.47 bits per heavy atom. The number of rotatable bonds is 7. The van der Waals surface area contributed by atoms with E-state index in [1.54, 1.807) is 7.11 Å². The van der Waals surface area contributed by atoms with Crippen molar-refractivity contribution in [3.63, 3.8) is 0 Å². The van der Waals surface area contributed by atoms with Crippen molar-refractivity contribution in [2.24, 2.45) is 10.8 Å². The van der Waals surface area contributed by atoms with Crippen molar-refractivity contribution < 1.29 is 9.53 Å². The molecule has 0 aliphatic carbocycles. The first kappa shape index (κ1) is 16.4. The fourth-order valence-corrected chi connectivity index (χ4v) is 2.60. The van der Waals surface area contributed by atoms with Crippen molar-refractivity contribution in [2.75, 3.05) is 33.4 Å². The molecule has 1 fully saturated rings. The van der Waals surface area contributed by atoms with Crippen LogP contribution in [0.1, 0.15) is 46.5 Å². The van der Waals surface area contributed by atoms with Crippen LogP contribution in [-0.4, -0.2) is 39.3 Å². The lowest BCUT2D eigenvalue weighted by molar-refractivity contribution is -0.132. The number of hydrogen-bond acceptors (Lipinski definition) is 3. The summed E-state index contributed by atoms with van der Waals surface area (Å²) in [6.07, 6.45) is 3.96. The van der Waals surface area contributed by atoms with Gasteiger partial charge in [-0.25, -0.2) is 0 Å². The molecule has 1 aliphatic heterocycles. The molecule has 1 atom stereocenters. The van der Waals surface area contributed by atoms with E-state index in [4.69, 9.17) is 4.74 Å². The molecule has 0 radical (unpaired) electrons. The number of nitrogens with one attached hydrogen (secondary N) is 2. The maximum atomic E-state index is 12.5. The van der Waals surface area contributed by atoms with E-state index in [0.717, 1.165) is 51.9 Å². The summed E-state index contributed by atoms with van der Waals surface area (Å²) in [6, 6.07) is 0. The summed E-state index contributed by atoms with van der Waals surface area (Å²) in [4.78, 5) is 12.5. The van der Waals surface area contributed by atoms with Crippen LogP contribution in [0.5, 0.6) is 0 Å². The molecule has 1 aliphatic rings. The van der Waals surface area contributed by atoms with Gasteiger partial charge in [-0.15, -0.1) is 0 Å². The van der Waals surface area contributed by atoms with Crippen molar-refractivity contribution >= 4 is 5.91 Å². The number of methoxy groups -OCH3 is 1. The minimum Gasteiger partial charge on any atom is -0.385 e. The van der Waals surface area contributed by atoms with Crippen LogP contribution in [0, 0.1) is 10.8 Å². The van der Waals surface area contributed by atoms with Gasteiger partial charge in [-0.2, -0.15) is 0 Å². The van der Waals surface area contributed by atoms with Gasteiger partial charge in [0.05, 0.1) is 5.41 Å².